The number of fused-ring (bicyclic) bond motifs is 1. The lowest BCUT2D eigenvalue weighted by Gasteiger charge is -2.12. The van der Waals surface area contributed by atoms with Crippen molar-refractivity contribution in [3.05, 3.63) is 33.5 Å². The molecule has 3 aromatic heterocycles. The number of nitrogens with zero attached hydrogens (tertiary/aromatic N) is 4. The van der Waals surface area contributed by atoms with E-state index in [4.69, 9.17) is 23.2 Å². The molecule has 0 fully saturated rings. The first-order chi connectivity index (χ1) is 12.8. The number of alkyl halides is 3. The maximum absolute atomic E-state index is 12.4. The Labute approximate surface area is 164 Å². The van der Waals surface area contributed by atoms with Crippen molar-refractivity contribution in [2.45, 2.75) is 12.7 Å². The first-order valence-electron chi connectivity index (χ1n) is 7.27. The van der Waals surface area contributed by atoms with Crippen LogP contribution in [-0.2, 0) is 11.3 Å². The Hall–Kier alpha value is -2.35. The molecule has 6 nitrogen and oxygen atoms in total. The lowest BCUT2D eigenvalue weighted by molar-refractivity contribution is -0.173. The van der Waals surface area contributed by atoms with E-state index in [2.05, 4.69) is 9.97 Å². The fraction of sp³-hybridized carbons (Fsp3) is 0.200. The van der Waals surface area contributed by atoms with Crippen LogP contribution < -0.4 is 5.32 Å². The first-order valence-corrected chi connectivity index (χ1v) is 8.90. The van der Waals surface area contributed by atoms with Gasteiger partial charge in [0, 0.05) is 13.1 Å². The zero-order chi connectivity index (χ0) is 19.8. The highest BCUT2D eigenvalue weighted by atomic mass is 35.5. The summed E-state index contributed by atoms with van der Waals surface area (Å²) in [4.78, 5) is 19.5. The second kappa shape index (κ2) is 7.34. The molecule has 12 heteroatoms. The van der Waals surface area contributed by atoms with Gasteiger partial charge in [-0.1, -0.05) is 23.2 Å². The molecule has 1 amide bonds. The maximum atomic E-state index is 12.4. The molecule has 3 aromatic rings. The third-order valence-corrected chi connectivity index (χ3v) is 5.24. The summed E-state index contributed by atoms with van der Waals surface area (Å²) in [6.45, 7) is -0.454. The van der Waals surface area contributed by atoms with E-state index in [0.29, 0.717) is 15.6 Å². The zero-order valence-corrected chi connectivity index (χ0v) is 15.5. The molecule has 140 valence electrons. The minimum absolute atomic E-state index is 0.0255. The summed E-state index contributed by atoms with van der Waals surface area (Å²) < 4.78 is 38.7. The molecule has 0 aliphatic heterocycles. The van der Waals surface area contributed by atoms with Crippen molar-refractivity contribution in [1.29, 1.82) is 5.26 Å². The van der Waals surface area contributed by atoms with Crippen LogP contribution in [0.5, 0.6) is 0 Å². The van der Waals surface area contributed by atoms with Crippen LogP contribution in [0.1, 0.15) is 5.56 Å². The smallest absolute Gasteiger partial charge is 0.346 e. The molecule has 0 radical (unpaired) electrons. The number of halogens is 5. The molecule has 3 rings (SSSR count). The van der Waals surface area contributed by atoms with E-state index < -0.39 is 12.1 Å². The molecule has 0 bridgehead atoms. The highest BCUT2D eigenvalue weighted by molar-refractivity contribution is 7.14. The average Bonchev–Trinajstić information content (AvgIpc) is 3.15. The van der Waals surface area contributed by atoms with Crippen molar-refractivity contribution < 1.29 is 18.0 Å². The standard InChI is InChI=1S/C15H8Cl2F3N5OS/c16-8-1-4-27-12(8)10-7(5-21)9-11(13(17)24-6-23-9)25(10)3-2-22-14(26)15(18,19)20/h1,4,6H,2-3H2,(H,22,26). The molecular weight excluding hydrogens is 426 g/mol. The topological polar surface area (TPSA) is 83.6 Å². The molecule has 0 spiro atoms. The van der Waals surface area contributed by atoms with Gasteiger partial charge in [0.15, 0.2) is 5.15 Å². The van der Waals surface area contributed by atoms with E-state index in [-0.39, 0.29) is 34.8 Å². The minimum Gasteiger partial charge on any atom is -0.346 e. The number of nitrogens with one attached hydrogen (secondary N) is 1. The molecule has 0 aromatic carbocycles. The monoisotopic (exact) mass is 433 g/mol. The number of hydrogen-bond acceptors (Lipinski definition) is 5. The minimum atomic E-state index is -4.99. The van der Waals surface area contributed by atoms with Crippen LogP contribution in [0.4, 0.5) is 13.2 Å². The number of thiophene rings is 1. The van der Waals surface area contributed by atoms with Crippen LogP contribution in [0.25, 0.3) is 21.6 Å². The van der Waals surface area contributed by atoms with E-state index in [0.717, 1.165) is 0 Å². The van der Waals surface area contributed by atoms with E-state index in [1.807, 2.05) is 6.07 Å². The summed E-state index contributed by atoms with van der Waals surface area (Å²) in [5, 5.41) is 13.5. The van der Waals surface area contributed by atoms with E-state index in [1.165, 1.54) is 22.2 Å². The summed E-state index contributed by atoms with van der Waals surface area (Å²) in [6, 6.07) is 3.66. The second-order valence-electron chi connectivity index (χ2n) is 5.20. The Morgan fingerprint density at radius 1 is 1.37 bits per heavy atom. The van der Waals surface area contributed by atoms with E-state index in [9.17, 15) is 23.2 Å². The van der Waals surface area contributed by atoms with Crippen LogP contribution >= 0.6 is 34.5 Å². The normalized spacial score (nSPS) is 11.6. The highest BCUT2D eigenvalue weighted by Crippen LogP contribution is 2.40. The molecule has 0 atom stereocenters. The van der Waals surface area contributed by atoms with Gasteiger partial charge in [-0.05, 0) is 11.4 Å². The van der Waals surface area contributed by atoms with Gasteiger partial charge in [0.2, 0.25) is 0 Å². The molecule has 0 saturated heterocycles. The Balaban J connectivity index is 2.11. The van der Waals surface area contributed by atoms with E-state index >= 15 is 0 Å². The maximum Gasteiger partial charge on any atom is 0.471 e. The summed E-state index contributed by atoms with van der Waals surface area (Å²) in [5.74, 6) is -2.06. The van der Waals surface area contributed by atoms with Crippen molar-refractivity contribution in [3.63, 3.8) is 0 Å². The van der Waals surface area contributed by atoms with Crippen molar-refractivity contribution in [1.82, 2.24) is 19.9 Å². The van der Waals surface area contributed by atoms with Crippen LogP contribution in [0, 0.1) is 11.3 Å². The zero-order valence-electron chi connectivity index (χ0n) is 13.1. The fourth-order valence-electron chi connectivity index (χ4n) is 2.55. The summed E-state index contributed by atoms with van der Waals surface area (Å²) in [6.07, 6.45) is -3.81. The number of rotatable bonds is 4. The van der Waals surface area contributed by atoms with Gasteiger partial charge >= 0.3 is 12.1 Å². The largest absolute Gasteiger partial charge is 0.471 e. The Morgan fingerprint density at radius 2 is 2.11 bits per heavy atom. The predicted octanol–water partition coefficient (Wildman–Crippen LogP) is 4.02. The molecule has 0 aliphatic carbocycles. The Kier molecular flexibility index (Phi) is 5.28. The third kappa shape index (κ3) is 3.58. The van der Waals surface area contributed by atoms with Gasteiger partial charge in [0.05, 0.1) is 15.6 Å². The number of carbonyl (C=O) groups excluding carboxylic acids is 1. The van der Waals surface area contributed by atoms with Crippen LogP contribution in [-0.4, -0.2) is 33.2 Å². The molecule has 0 aliphatic rings. The third-order valence-electron chi connectivity index (χ3n) is 3.61. The molecule has 1 N–H and O–H groups in total. The van der Waals surface area contributed by atoms with Crippen molar-refractivity contribution in [3.8, 4) is 16.6 Å². The Bertz CT molecular complexity index is 1070. The molecule has 3 heterocycles. The quantitative estimate of drug-likeness (QED) is 0.629. The summed E-state index contributed by atoms with van der Waals surface area (Å²) in [5.41, 5.74) is 1.05. The number of hydrogen-bond donors (Lipinski definition) is 1. The highest BCUT2D eigenvalue weighted by Gasteiger charge is 2.38. The predicted molar refractivity (Wildman–Crippen MR) is 94.6 cm³/mol. The fourth-order valence-corrected chi connectivity index (χ4v) is 3.99. The molecule has 0 unspecified atom stereocenters. The van der Waals surface area contributed by atoms with Crippen LogP contribution in [0.15, 0.2) is 17.8 Å². The number of aromatic nitrogens is 3. The van der Waals surface area contributed by atoms with Gasteiger partial charge in [-0.25, -0.2) is 9.97 Å². The Morgan fingerprint density at radius 3 is 2.70 bits per heavy atom. The first kappa shape index (κ1) is 19.4. The number of carbonyl (C=O) groups is 1. The lowest BCUT2D eigenvalue weighted by atomic mass is 10.2. The van der Waals surface area contributed by atoms with Gasteiger partial charge in [0.1, 0.15) is 29.0 Å². The number of amides is 1. The molecular formula is C15H8Cl2F3N5OS. The van der Waals surface area contributed by atoms with Crippen LogP contribution in [0.3, 0.4) is 0 Å². The summed E-state index contributed by atoms with van der Waals surface area (Å²) in [7, 11) is 0. The SMILES string of the molecule is N#Cc1c(-c2sccc2Cl)n(CCNC(=O)C(F)(F)F)c2c(Cl)ncnc12. The van der Waals surface area contributed by atoms with Crippen molar-refractivity contribution in [2.75, 3.05) is 6.54 Å². The van der Waals surface area contributed by atoms with Gasteiger partial charge in [-0.15, -0.1) is 11.3 Å². The van der Waals surface area contributed by atoms with E-state index in [1.54, 1.807) is 16.8 Å². The lowest BCUT2D eigenvalue weighted by Crippen LogP contribution is -2.38. The van der Waals surface area contributed by atoms with Crippen LogP contribution in [0.2, 0.25) is 10.2 Å². The molecule has 27 heavy (non-hydrogen) atoms. The number of nitriles is 1. The van der Waals surface area contributed by atoms with Gasteiger partial charge in [-0.3, -0.25) is 4.79 Å². The summed E-state index contributed by atoms with van der Waals surface area (Å²) >= 11 is 13.6. The van der Waals surface area contributed by atoms with Gasteiger partial charge in [-0.2, -0.15) is 18.4 Å². The van der Waals surface area contributed by atoms with Gasteiger partial charge < -0.3 is 9.88 Å². The van der Waals surface area contributed by atoms with Gasteiger partial charge in [0.25, 0.3) is 0 Å². The van der Waals surface area contributed by atoms with Crippen molar-refractivity contribution in [2.24, 2.45) is 0 Å². The average molecular weight is 434 g/mol. The van der Waals surface area contributed by atoms with Crippen molar-refractivity contribution >= 4 is 51.5 Å². The molecule has 0 saturated carbocycles. The second-order valence-corrected chi connectivity index (χ2v) is 6.88.